The van der Waals surface area contributed by atoms with Crippen molar-refractivity contribution in [2.75, 3.05) is 12.4 Å². The lowest BCUT2D eigenvalue weighted by Gasteiger charge is -2.06. The molecule has 0 saturated heterocycles. The molecule has 1 aromatic heterocycles. The van der Waals surface area contributed by atoms with Crippen molar-refractivity contribution in [2.24, 2.45) is 0 Å². The summed E-state index contributed by atoms with van der Waals surface area (Å²) in [7, 11) is 0. The number of aryl methyl sites for hydroxylation is 2. The molecule has 0 atom stereocenters. The van der Waals surface area contributed by atoms with Crippen LogP contribution in [0.5, 0.6) is 5.75 Å². The topological polar surface area (TPSA) is 37.9 Å². The summed E-state index contributed by atoms with van der Waals surface area (Å²) in [5.74, 6) is 1.94. The van der Waals surface area contributed by atoms with Crippen molar-refractivity contribution < 1.29 is 4.74 Å². The van der Waals surface area contributed by atoms with Gasteiger partial charge in [0.1, 0.15) is 5.75 Å². The number of rotatable bonds is 6. The molecule has 0 bridgehead atoms. The van der Waals surface area contributed by atoms with E-state index < -0.39 is 0 Å². The molecule has 122 valence electrons. The predicted molar refractivity (Wildman–Crippen MR) is 100 cm³/mol. The first-order chi connectivity index (χ1) is 10.7. The highest BCUT2D eigenvalue weighted by Crippen LogP contribution is 2.21. The largest absolute Gasteiger partial charge is 0.494 e. The lowest BCUT2D eigenvalue weighted by molar-refractivity contribution is 0.318. The average molecular weight is 349 g/mol. The van der Waals surface area contributed by atoms with Gasteiger partial charge in [-0.2, -0.15) is 0 Å². The van der Waals surface area contributed by atoms with Crippen LogP contribution in [-0.4, -0.2) is 22.3 Å². The molecular formula is C18H21ClN2OS. The number of nitrogens with zero attached hydrogens (tertiary/aromatic N) is 1. The minimum Gasteiger partial charge on any atom is -0.494 e. The number of benzene rings is 2. The van der Waals surface area contributed by atoms with E-state index in [2.05, 4.69) is 54.1 Å². The molecule has 3 rings (SSSR count). The third kappa shape index (κ3) is 4.91. The summed E-state index contributed by atoms with van der Waals surface area (Å²) in [6, 6.07) is 14.4. The molecule has 0 fully saturated rings. The second-order valence-electron chi connectivity index (χ2n) is 5.43. The second-order valence-corrected chi connectivity index (χ2v) is 6.51. The number of aromatic nitrogens is 2. The number of ether oxygens (including phenoxy) is 1. The summed E-state index contributed by atoms with van der Waals surface area (Å²) in [4.78, 5) is 7.95. The van der Waals surface area contributed by atoms with E-state index in [0.717, 1.165) is 40.7 Å². The van der Waals surface area contributed by atoms with Gasteiger partial charge < -0.3 is 9.72 Å². The molecule has 0 unspecified atom stereocenters. The monoisotopic (exact) mass is 348 g/mol. The lowest BCUT2D eigenvalue weighted by Crippen LogP contribution is -1.98. The third-order valence-corrected chi connectivity index (χ3v) is 4.36. The van der Waals surface area contributed by atoms with E-state index in [4.69, 9.17) is 4.74 Å². The van der Waals surface area contributed by atoms with Crippen LogP contribution in [0.25, 0.3) is 11.0 Å². The molecular weight excluding hydrogens is 328 g/mol. The number of nitrogens with one attached hydrogen (secondary N) is 1. The van der Waals surface area contributed by atoms with Crippen molar-refractivity contribution in [2.45, 2.75) is 25.4 Å². The third-order valence-electron chi connectivity index (χ3n) is 3.40. The summed E-state index contributed by atoms with van der Waals surface area (Å²) in [6.07, 6.45) is 0.995. The number of hydrogen-bond donors (Lipinski definition) is 1. The molecule has 1 heterocycles. The molecule has 0 aliphatic carbocycles. The van der Waals surface area contributed by atoms with Gasteiger partial charge >= 0.3 is 0 Å². The minimum absolute atomic E-state index is 0. The Morgan fingerprint density at radius 1 is 1.09 bits per heavy atom. The van der Waals surface area contributed by atoms with E-state index in [-0.39, 0.29) is 12.4 Å². The van der Waals surface area contributed by atoms with Crippen molar-refractivity contribution in [3.05, 3.63) is 53.6 Å². The van der Waals surface area contributed by atoms with Gasteiger partial charge in [-0.25, -0.2) is 4.98 Å². The van der Waals surface area contributed by atoms with Crippen LogP contribution in [0.15, 0.2) is 47.6 Å². The van der Waals surface area contributed by atoms with Crippen LogP contribution in [0, 0.1) is 13.8 Å². The maximum atomic E-state index is 5.76. The van der Waals surface area contributed by atoms with Crippen LogP contribution < -0.4 is 4.74 Å². The van der Waals surface area contributed by atoms with Crippen molar-refractivity contribution in [3.63, 3.8) is 0 Å². The van der Waals surface area contributed by atoms with Gasteiger partial charge in [0, 0.05) is 5.75 Å². The van der Waals surface area contributed by atoms with Gasteiger partial charge in [0.15, 0.2) is 5.16 Å². The fraction of sp³-hybridized carbons (Fsp3) is 0.278. The highest BCUT2D eigenvalue weighted by Gasteiger charge is 2.03. The van der Waals surface area contributed by atoms with Gasteiger partial charge in [0.2, 0.25) is 0 Å². The Morgan fingerprint density at radius 3 is 2.74 bits per heavy atom. The fourth-order valence-corrected chi connectivity index (χ4v) is 3.09. The first kappa shape index (κ1) is 17.7. The predicted octanol–water partition coefficient (Wildman–Crippen LogP) is 5.16. The Bertz CT molecular complexity index is 773. The zero-order valence-electron chi connectivity index (χ0n) is 13.3. The number of H-pyrrole nitrogens is 1. The van der Waals surface area contributed by atoms with E-state index in [0.29, 0.717) is 0 Å². The SMILES string of the molecule is Cc1cccc(OCCCSc2nc3ccc(C)cc3[nH]2)c1.Cl. The Kier molecular flexibility index (Phi) is 6.37. The maximum absolute atomic E-state index is 5.76. The van der Waals surface area contributed by atoms with Gasteiger partial charge in [0.05, 0.1) is 17.6 Å². The number of imidazole rings is 1. The Labute approximate surface area is 147 Å². The van der Waals surface area contributed by atoms with Gasteiger partial charge in [0.25, 0.3) is 0 Å². The number of halogens is 1. The molecule has 0 radical (unpaired) electrons. The first-order valence-corrected chi connectivity index (χ1v) is 8.48. The van der Waals surface area contributed by atoms with Gasteiger partial charge in [-0.05, 0) is 55.7 Å². The average Bonchev–Trinajstić information content (AvgIpc) is 2.89. The molecule has 0 amide bonds. The normalized spacial score (nSPS) is 10.5. The van der Waals surface area contributed by atoms with Crippen molar-refractivity contribution in [1.29, 1.82) is 0 Å². The summed E-state index contributed by atoms with van der Waals surface area (Å²) in [5, 5.41) is 0.983. The van der Waals surface area contributed by atoms with Crippen molar-refractivity contribution in [1.82, 2.24) is 9.97 Å². The van der Waals surface area contributed by atoms with Crippen LogP contribution in [0.4, 0.5) is 0 Å². The molecule has 0 aliphatic rings. The molecule has 2 aromatic carbocycles. The van der Waals surface area contributed by atoms with E-state index in [9.17, 15) is 0 Å². The van der Waals surface area contributed by atoms with Gasteiger partial charge in [-0.3, -0.25) is 0 Å². The second kappa shape index (κ2) is 8.27. The Morgan fingerprint density at radius 2 is 1.91 bits per heavy atom. The number of aromatic amines is 1. The quantitative estimate of drug-likeness (QED) is 0.493. The maximum Gasteiger partial charge on any atom is 0.166 e. The van der Waals surface area contributed by atoms with Crippen LogP contribution in [0.2, 0.25) is 0 Å². The fourth-order valence-electron chi connectivity index (χ4n) is 2.29. The summed E-state index contributed by atoms with van der Waals surface area (Å²) >= 11 is 1.74. The van der Waals surface area contributed by atoms with E-state index in [1.807, 2.05) is 12.1 Å². The van der Waals surface area contributed by atoms with Crippen LogP contribution in [0.1, 0.15) is 17.5 Å². The van der Waals surface area contributed by atoms with E-state index in [1.165, 1.54) is 11.1 Å². The zero-order valence-corrected chi connectivity index (χ0v) is 15.0. The summed E-state index contributed by atoms with van der Waals surface area (Å²) in [6.45, 7) is 4.90. The number of thioether (sulfide) groups is 1. The highest BCUT2D eigenvalue weighted by atomic mass is 35.5. The van der Waals surface area contributed by atoms with Gasteiger partial charge in [-0.15, -0.1) is 12.4 Å². The molecule has 3 nitrogen and oxygen atoms in total. The van der Waals surface area contributed by atoms with E-state index >= 15 is 0 Å². The molecule has 0 aliphatic heterocycles. The van der Waals surface area contributed by atoms with Crippen LogP contribution in [0.3, 0.4) is 0 Å². The number of hydrogen-bond acceptors (Lipinski definition) is 3. The highest BCUT2D eigenvalue weighted by molar-refractivity contribution is 7.99. The first-order valence-electron chi connectivity index (χ1n) is 7.49. The standard InChI is InChI=1S/C18H20N2OS.ClH/c1-13-5-3-6-15(11-13)21-9-4-10-22-18-19-16-8-7-14(2)12-17(16)20-18;/h3,5-8,11-12H,4,9-10H2,1-2H3,(H,19,20);1H. The summed E-state index contributed by atoms with van der Waals surface area (Å²) < 4.78 is 5.76. The minimum atomic E-state index is 0. The molecule has 3 aromatic rings. The smallest absolute Gasteiger partial charge is 0.166 e. The van der Waals surface area contributed by atoms with Gasteiger partial charge in [-0.1, -0.05) is 30.0 Å². The molecule has 5 heteroatoms. The molecule has 1 N–H and O–H groups in total. The molecule has 0 spiro atoms. The molecule has 23 heavy (non-hydrogen) atoms. The van der Waals surface area contributed by atoms with Crippen LogP contribution in [-0.2, 0) is 0 Å². The summed E-state index contributed by atoms with van der Waals surface area (Å²) in [5.41, 5.74) is 4.62. The zero-order chi connectivity index (χ0) is 15.4. The molecule has 0 saturated carbocycles. The Balaban J connectivity index is 0.00000192. The number of fused-ring (bicyclic) bond motifs is 1. The van der Waals surface area contributed by atoms with Crippen molar-refractivity contribution >= 4 is 35.2 Å². The Hall–Kier alpha value is -1.65. The lowest BCUT2D eigenvalue weighted by atomic mass is 10.2. The van der Waals surface area contributed by atoms with Crippen LogP contribution >= 0.6 is 24.2 Å². The van der Waals surface area contributed by atoms with Crippen molar-refractivity contribution in [3.8, 4) is 5.75 Å². The van der Waals surface area contributed by atoms with E-state index in [1.54, 1.807) is 11.8 Å².